The molecule has 0 spiro atoms. The van der Waals surface area contributed by atoms with E-state index in [-0.39, 0.29) is 24.5 Å². The van der Waals surface area contributed by atoms with Crippen molar-refractivity contribution in [1.82, 2.24) is 10.6 Å². The summed E-state index contributed by atoms with van der Waals surface area (Å²) in [4.78, 5) is 62.0. The summed E-state index contributed by atoms with van der Waals surface area (Å²) in [6.07, 6.45) is 12.6. The number of amides is 2. The third-order valence-corrected chi connectivity index (χ3v) is 8.40. The van der Waals surface area contributed by atoms with Crippen molar-refractivity contribution in [3.63, 3.8) is 0 Å². The Hall–Kier alpha value is -4.07. The summed E-state index contributed by atoms with van der Waals surface area (Å²) in [5.41, 5.74) is -0.157. The van der Waals surface area contributed by atoms with Gasteiger partial charge < -0.3 is 33.7 Å². The van der Waals surface area contributed by atoms with Crippen molar-refractivity contribution in [3.8, 4) is 0 Å². The first-order valence-electron chi connectivity index (χ1n) is 17.3. The maximum atomic E-state index is 13.1. The first kappa shape index (κ1) is 40.4. The van der Waals surface area contributed by atoms with Gasteiger partial charge in [-0.3, -0.25) is 19.7 Å². The maximum absolute atomic E-state index is 13.1. The number of carbonyl (C=O) groups is 5. The molecule has 13 nitrogen and oxygen atoms in total. The van der Waals surface area contributed by atoms with Crippen LogP contribution < -0.4 is 10.6 Å². The van der Waals surface area contributed by atoms with Gasteiger partial charge in [-0.2, -0.15) is 0 Å². The van der Waals surface area contributed by atoms with Gasteiger partial charge in [0.25, 0.3) is 0 Å². The largest absolute Gasteiger partial charge is 0.465 e. The highest BCUT2D eigenvalue weighted by molar-refractivity contribution is 5.90. The van der Waals surface area contributed by atoms with Gasteiger partial charge in [-0.1, -0.05) is 69.1 Å². The number of nitrogens with one attached hydrogen (secondary N) is 2. The number of imide groups is 1. The number of alkyl carbamates (subject to hydrolysis) is 1. The SMILES string of the molecule is C=C1/C=C(/C)CCC2OC2C(OC(=O)NC(C)=O)C(C2OC2/C=C/CCOC(=O)CCCCCCC)OC(=O)/C=C\C=C\C(OC)(C(C)=O)N1. The van der Waals surface area contributed by atoms with E-state index in [1.807, 2.05) is 13.0 Å². The van der Waals surface area contributed by atoms with Crippen LogP contribution in [-0.4, -0.2) is 85.8 Å². The maximum Gasteiger partial charge on any atom is 0.414 e. The lowest BCUT2D eigenvalue weighted by atomic mass is 9.99. The number of carbonyl (C=O) groups excluding carboxylic acids is 5. The number of esters is 2. The van der Waals surface area contributed by atoms with Crippen LogP contribution in [0.25, 0.3) is 0 Å². The Morgan fingerprint density at radius 1 is 1.08 bits per heavy atom. The van der Waals surface area contributed by atoms with Crippen LogP contribution in [0.15, 0.2) is 60.4 Å². The minimum Gasteiger partial charge on any atom is -0.465 e. The standard InChI is InChI=1S/C37H52N2O11/c1-7-8-9-10-11-17-30(42)46-22-15-13-16-28-32(47-28)34-35(50-36(44)38-27(5)41)33-29(48-33)20-19-24(2)23-25(3)39-37(45-6,26(4)40)21-14-12-18-31(43)49-34/h12-14,16,18,21,23,28-29,32-35,39H,3,7-11,15,17,19-20,22H2,1-2,4-6H3,(H,38,41,44)/b16-13+,18-12-,21-14+,24-23-. The first-order valence-corrected chi connectivity index (χ1v) is 17.3. The molecule has 3 aliphatic heterocycles. The Morgan fingerprint density at radius 3 is 2.54 bits per heavy atom. The number of ketones is 1. The van der Waals surface area contributed by atoms with Crippen LogP contribution in [0, 0.1) is 0 Å². The zero-order valence-electron chi connectivity index (χ0n) is 29.8. The van der Waals surface area contributed by atoms with E-state index in [0.29, 0.717) is 31.4 Å². The lowest BCUT2D eigenvalue weighted by Gasteiger charge is -2.29. The summed E-state index contributed by atoms with van der Waals surface area (Å²) in [7, 11) is 1.38. The summed E-state index contributed by atoms with van der Waals surface area (Å²) >= 11 is 0. The Bertz CT molecular complexity index is 1350. The van der Waals surface area contributed by atoms with E-state index in [1.165, 1.54) is 39.2 Å². The highest BCUT2D eigenvalue weighted by Crippen LogP contribution is 2.40. The van der Waals surface area contributed by atoms with E-state index >= 15 is 0 Å². The molecule has 2 N–H and O–H groups in total. The van der Waals surface area contributed by atoms with Crippen molar-refractivity contribution in [3.05, 3.63) is 60.4 Å². The van der Waals surface area contributed by atoms with Crippen LogP contribution in [0.4, 0.5) is 4.79 Å². The zero-order valence-corrected chi connectivity index (χ0v) is 29.8. The van der Waals surface area contributed by atoms with Gasteiger partial charge in [0.2, 0.25) is 11.6 Å². The molecular weight excluding hydrogens is 648 g/mol. The summed E-state index contributed by atoms with van der Waals surface area (Å²) in [5.74, 6) is -1.96. The van der Waals surface area contributed by atoms with Gasteiger partial charge in [0.1, 0.15) is 18.3 Å². The average Bonchev–Trinajstić information content (AvgIpc) is 3.98. The van der Waals surface area contributed by atoms with E-state index in [1.54, 1.807) is 12.2 Å². The fourth-order valence-corrected chi connectivity index (χ4v) is 5.61. The topological polar surface area (TPSA) is 171 Å². The molecule has 2 saturated heterocycles. The van der Waals surface area contributed by atoms with Crippen molar-refractivity contribution in [2.24, 2.45) is 0 Å². The molecule has 2 amide bonds. The number of hydrogen-bond acceptors (Lipinski definition) is 12. The molecule has 0 aromatic heterocycles. The number of hydrogen-bond donors (Lipinski definition) is 2. The molecule has 50 heavy (non-hydrogen) atoms. The van der Waals surface area contributed by atoms with E-state index in [0.717, 1.165) is 43.8 Å². The molecule has 3 heterocycles. The second kappa shape index (κ2) is 19.9. The monoisotopic (exact) mass is 700 g/mol. The van der Waals surface area contributed by atoms with Crippen LogP contribution in [0.5, 0.6) is 0 Å². The normalized spacial score (nSPS) is 30.7. The number of fused-ring (bicyclic) bond motifs is 1. The predicted molar refractivity (Wildman–Crippen MR) is 183 cm³/mol. The van der Waals surface area contributed by atoms with E-state index < -0.39 is 54.2 Å². The van der Waals surface area contributed by atoms with Crippen LogP contribution in [-0.2, 0) is 47.6 Å². The summed E-state index contributed by atoms with van der Waals surface area (Å²) in [6, 6.07) is 0. The second-order valence-electron chi connectivity index (χ2n) is 12.7. The van der Waals surface area contributed by atoms with Crippen molar-refractivity contribution in [1.29, 1.82) is 0 Å². The second-order valence-corrected chi connectivity index (χ2v) is 12.7. The number of rotatable bonds is 14. The Morgan fingerprint density at radius 2 is 1.84 bits per heavy atom. The molecule has 7 unspecified atom stereocenters. The molecule has 0 radical (unpaired) electrons. The van der Waals surface area contributed by atoms with Crippen LogP contribution in [0.2, 0.25) is 0 Å². The molecule has 7 atom stereocenters. The van der Waals surface area contributed by atoms with Gasteiger partial charge in [0.15, 0.2) is 18.0 Å². The number of Topliss-reactive ketones (excluding diaryl/α,β-unsaturated/α-hetero) is 1. The lowest BCUT2D eigenvalue weighted by molar-refractivity contribution is -0.151. The third-order valence-electron chi connectivity index (χ3n) is 8.40. The lowest BCUT2D eigenvalue weighted by Crippen LogP contribution is -2.50. The Kier molecular flexibility index (Phi) is 16.1. The Labute approximate surface area is 294 Å². The first-order chi connectivity index (χ1) is 23.9. The molecule has 276 valence electrons. The number of unbranched alkanes of at least 4 members (excludes halogenated alkanes) is 4. The minimum atomic E-state index is -1.53. The van der Waals surface area contributed by atoms with Gasteiger partial charge in [0, 0.05) is 32.2 Å². The number of ether oxygens (including phenoxy) is 6. The molecule has 0 bridgehead atoms. The smallest absolute Gasteiger partial charge is 0.414 e. The third kappa shape index (κ3) is 13.3. The number of epoxide rings is 2. The van der Waals surface area contributed by atoms with E-state index in [4.69, 9.17) is 28.4 Å². The summed E-state index contributed by atoms with van der Waals surface area (Å²) < 4.78 is 34.2. The molecule has 3 aliphatic rings. The van der Waals surface area contributed by atoms with Crippen molar-refractivity contribution >= 4 is 29.7 Å². The van der Waals surface area contributed by atoms with Gasteiger partial charge in [-0.05, 0) is 51.7 Å². The van der Waals surface area contributed by atoms with Crippen molar-refractivity contribution < 1.29 is 52.4 Å². The molecule has 0 aromatic rings. The molecule has 0 aromatic carbocycles. The van der Waals surface area contributed by atoms with Gasteiger partial charge in [0.05, 0.1) is 12.7 Å². The molecule has 3 rings (SSSR count). The Balaban J connectivity index is 1.76. The van der Waals surface area contributed by atoms with Crippen LogP contribution in [0.1, 0.15) is 85.5 Å². The quantitative estimate of drug-likeness (QED) is 0.0834. The molecule has 13 heteroatoms. The number of cyclic esters (lactones) is 1. The van der Waals surface area contributed by atoms with E-state index in [2.05, 4.69) is 24.1 Å². The van der Waals surface area contributed by atoms with Crippen molar-refractivity contribution in [2.75, 3.05) is 13.7 Å². The van der Waals surface area contributed by atoms with Gasteiger partial charge in [-0.25, -0.2) is 9.59 Å². The van der Waals surface area contributed by atoms with Gasteiger partial charge in [-0.15, -0.1) is 0 Å². The molecule has 0 aliphatic carbocycles. The fraction of sp³-hybridized carbons (Fsp3) is 0.595. The van der Waals surface area contributed by atoms with Gasteiger partial charge >= 0.3 is 18.0 Å². The van der Waals surface area contributed by atoms with Crippen molar-refractivity contribution in [2.45, 2.75) is 128 Å². The van der Waals surface area contributed by atoms with Crippen LogP contribution >= 0.6 is 0 Å². The van der Waals surface area contributed by atoms with E-state index in [9.17, 15) is 24.0 Å². The molecule has 0 saturated carbocycles. The summed E-state index contributed by atoms with van der Waals surface area (Å²) in [6.45, 7) is 10.8. The highest BCUT2D eigenvalue weighted by Gasteiger charge is 2.58. The molecular formula is C37H52N2O11. The highest BCUT2D eigenvalue weighted by atomic mass is 16.7. The zero-order chi connectivity index (χ0) is 36.7. The average molecular weight is 701 g/mol. The fourth-order valence-electron chi connectivity index (χ4n) is 5.61. The number of methoxy groups -OCH3 is 1. The summed E-state index contributed by atoms with van der Waals surface area (Å²) in [5, 5.41) is 5.10. The van der Waals surface area contributed by atoms with Crippen LogP contribution in [0.3, 0.4) is 0 Å². The molecule has 2 fully saturated rings. The minimum absolute atomic E-state index is 0.220. The predicted octanol–water partition coefficient (Wildman–Crippen LogP) is 4.81. The number of allylic oxidation sites excluding steroid dienone is 4.